The predicted molar refractivity (Wildman–Crippen MR) is 102 cm³/mol. The van der Waals surface area contributed by atoms with Crippen molar-refractivity contribution in [1.29, 1.82) is 0 Å². The van der Waals surface area contributed by atoms with E-state index in [4.69, 9.17) is 37.8 Å². The Bertz CT molecular complexity index is 930. The van der Waals surface area contributed by atoms with E-state index in [0.717, 1.165) is 5.56 Å². The number of amides is 1. The summed E-state index contributed by atoms with van der Waals surface area (Å²) in [6, 6.07) is 5.14. The molecule has 3 rings (SSSR count). The van der Waals surface area contributed by atoms with E-state index in [1.165, 1.54) is 7.11 Å². The van der Waals surface area contributed by atoms with Gasteiger partial charge in [0.1, 0.15) is 12.6 Å². The fourth-order valence-electron chi connectivity index (χ4n) is 3.04. The SMILES string of the molecule is COCn1nc(Cc2ccc(Cl)cc2Cl)c2c1COC/C2=C(/F)CNC(=O)O. The highest BCUT2D eigenvalue weighted by molar-refractivity contribution is 6.35. The number of rotatable bonds is 6. The predicted octanol–water partition coefficient (Wildman–Crippen LogP) is 3.86. The number of aromatic nitrogens is 2. The highest BCUT2D eigenvalue weighted by Gasteiger charge is 2.28. The number of nitrogens with one attached hydrogen (secondary N) is 1. The number of benzene rings is 1. The van der Waals surface area contributed by atoms with Gasteiger partial charge in [-0.1, -0.05) is 29.3 Å². The maximum Gasteiger partial charge on any atom is 0.405 e. The smallest absolute Gasteiger partial charge is 0.405 e. The van der Waals surface area contributed by atoms with E-state index in [9.17, 15) is 9.18 Å². The van der Waals surface area contributed by atoms with Gasteiger partial charge in [0.05, 0.1) is 31.1 Å². The zero-order valence-corrected chi connectivity index (χ0v) is 16.5. The van der Waals surface area contributed by atoms with Crippen molar-refractivity contribution in [3.8, 4) is 0 Å². The zero-order chi connectivity index (χ0) is 20.3. The van der Waals surface area contributed by atoms with Crippen LogP contribution in [0.4, 0.5) is 9.18 Å². The van der Waals surface area contributed by atoms with Crippen molar-refractivity contribution in [3.05, 3.63) is 56.6 Å². The summed E-state index contributed by atoms with van der Waals surface area (Å²) in [7, 11) is 1.53. The molecular weight excluding hydrogens is 412 g/mol. The summed E-state index contributed by atoms with van der Waals surface area (Å²) in [5.74, 6) is -0.622. The third-order valence-corrected chi connectivity index (χ3v) is 4.85. The second kappa shape index (κ2) is 8.91. The van der Waals surface area contributed by atoms with Gasteiger partial charge in [-0.2, -0.15) is 5.10 Å². The lowest BCUT2D eigenvalue weighted by molar-refractivity contribution is 0.0974. The number of halogens is 3. The summed E-state index contributed by atoms with van der Waals surface area (Å²) >= 11 is 12.2. The highest BCUT2D eigenvalue weighted by Crippen LogP contribution is 2.34. The molecule has 2 heterocycles. The lowest BCUT2D eigenvalue weighted by Gasteiger charge is -2.19. The van der Waals surface area contributed by atoms with E-state index in [0.29, 0.717) is 33.4 Å². The minimum atomic E-state index is -1.31. The number of fused-ring (bicyclic) bond motifs is 1. The van der Waals surface area contributed by atoms with E-state index in [1.54, 1.807) is 22.9 Å². The topological polar surface area (TPSA) is 85.6 Å². The van der Waals surface area contributed by atoms with Crippen LogP contribution in [0.15, 0.2) is 24.0 Å². The average molecular weight is 430 g/mol. The molecule has 7 nitrogen and oxygen atoms in total. The van der Waals surface area contributed by atoms with Crippen LogP contribution in [-0.2, 0) is 29.2 Å². The highest BCUT2D eigenvalue weighted by atomic mass is 35.5. The van der Waals surface area contributed by atoms with Crippen molar-refractivity contribution in [1.82, 2.24) is 15.1 Å². The molecule has 0 radical (unpaired) electrons. The van der Waals surface area contributed by atoms with Gasteiger partial charge in [-0.15, -0.1) is 0 Å². The molecule has 0 unspecified atom stereocenters. The molecule has 150 valence electrons. The van der Waals surface area contributed by atoms with Crippen LogP contribution in [0.25, 0.3) is 5.57 Å². The minimum Gasteiger partial charge on any atom is -0.465 e. The summed E-state index contributed by atoms with van der Waals surface area (Å²) in [6.45, 7) is -0.0320. The van der Waals surface area contributed by atoms with E-state index in [1.807, 2.05) is 5.32 Å². The molecule has 28 heavy (non-hydrogen) atoms. The summed E-state index contributed by atoms with van der Waals surface area (Å²) in [5.41, 5.74) is 2.90. The van der Waals surface area contributed by atoms with Crippen LogP contribution in [0, 0.1) is 0 Å². The molecule has 0 fully saturated rings. The molecule has 1 aromatic heterocycles. The van der Waals surface area contributed by atoms with Crippen LogP contribution >= 0.6 is 23.2 Å². The molecule has 1 aliphatic rings. The molecule has 1 aromatic carbocycles. The number of carbonyl (C=O) groups is 1. The Labute approximate surface area is 170 Å². The van der Waals surface area contributed by atoms with Gasteiger partial charge in [0, 0.05) is 34.7 Å². The molecule has 0 aliphatic carbocycles. The zero-order valence-electron chi connectivity index (χ0n) is 15.0. The van der Waals surface area contributed by atoms with Gasteiger partial charge in [0.15, 0.2) is 0 Å². The summed E-state index contributed by atoms with van der Waals surface area (Å²) < 4.78 is 27.0. The first-order chi connectivity index (χ1) is 13.4. The molecule has 2 N–H and O–H groups in total. The average Bonchev–Trinajstić information content (AvgIpc) is 3.00. The fraction of sp³-hybridized carbons (Fsp3) is 0.333. The van der Waals surface area contributed by atoms with Crippen molar-refractivity contribution in [2.24, 2.45) is 0 Å². The third kappa shape index (κ3) is 4.47. The van der Waals surface area contributed by atoms with Gasteiger partial charge in [-0.05, 0) is 17.7 Å². The van der Waals surface area contributed by atoms with Crippen molar-refractivity contribution in [2.75, 3.05) is 20.3 Å². The van der Waals surface area contributed by atoms with E-state index < -0.39 is 18.5 Å². The van der Waals surface area contributed by atoms with Crippen molar-refractivity contribution < 1.29 is 23.8 Å². The molecule has 0 bridgehead atoms. The minimum absolute atomic E-state index is 0.0140. The molecule has 1 aliphatic heterocycles. The van der Waals surface area contributed by atoms with Crippen LogP contribution < -0.4 is 5.32 Å². The maximum atomic E-state index is 14.7. The van der Waals surface area contributed by atoms with Crippen molar-refractivity contribution in [3.63, 3.8) is 0 Å². The van der Waals surface area contributed by atoms with Gasteiger partial charge in [0.25, 0.3) is 0 Å². The van der Waals surface area contributed by atoms with E-state index in [-0.39, 0.29) is 25.5 Å². The molecule has 2 aromatic rings. The van der Waals surface area contributed by atoms with Gasteiger partial charge in [-0.3, -0.25) is 0 Å². The normalized spacial score (nSPS) is 15.3. The lowest BCUT2D eigenvalue weighted by atomic mass is 9.97. The molecule has 0 atom stereocenters. The van der Waals surface area contributed by atoms with Gasteiger partial charge >= 0.3 is 6.09 Å². The van der Waals surface area contributed by atoms with Gasteiger partial charge in [0.2, 0.25) is 0 Å². The lowest BCUT2D eigenvalue weighted by Crippen LogP contribution is -2.24. The van der Waals surface area contributed by atoms with Gasteiger partial charge < -0.3 is 19.9 Å². The molecular formula is C18H18Cl2FN3O4. The Morgan fingerprint density at radius 1 is 1.43 bits per heavy atom. The molecule has 0 spiro atoms. The summed E-state index contributed by atoms with van der Waals surface area (Å²) in [6.07, 6.45) is -0.964. The number of hydrogen-bond donors (Lipinski definition) is 2. The quantitative estimate of drug-likeness (QED) is 0.727. The summed E-state index contributed by atoms with van der Waals surface area (Å²) in [5, 5.41) is 16.3. The van der Waals surface area contributed by atoms with Crippen molar-refractivity contribution in [2.45, 2.75) is 19.8 Å². The number of carboxylic acid groups (broad SMARTS) is 1. The Balaban J connectivity index is 2.05. The number of nitrogens with zero attached hydrogens (tertiary/aromatic N) is 2. The fourth-order valence-corrected chi connectivity index (χ4v) is 3.52. The molecule has 0 saturated carbocycles. The second-order valence-electron chi connectivity index (χ2n) is 6.13. The van der Waals surface area contributed by atoms with Crippen LogP contribution in [-0.4, -0.2) is 41.2 Å². The number of methoxy groups -OCH3 is 1. The Morgan fingerprint density at radius 2 is 2.21 bits per heavy atom. The van der Waals surface area contributed by atoms with Crippen molar-refractivity contribution >= 4 is 34.9 Å². The molecule has 10 heteroatoms. The first kappa shape index (κ1) is 20.6. The van der Waals surface area contributed by atoms with Crippen LogP contribution in [0.3, 0.4) is 0 Å². The first-order valence-electron chi connectivity index (χ1n) is 8.34. The third-order valence-electron chi connectivity index (χ3n) is 4.26. The largest absolute Gasteiger partial charge is 0.465 e. The Hall–Kier alpha value is -2.13. The summed E-state index contributed by atoms with van der Waals surface area (Å²) in [4.78, 5) is 10.7. The second-order valence-corrected chi connectivity index (χ2v) is 6.98. The molecule has 0 saturated heterocycles. The van der Waals surface area contributed by atoms with E-state index in [2.05, 4.69) is 5.10 Å². The Kier molecular flexibility index (Phi) is 6.56. The van der Waals surface area contributed by atoms with Gasteiger partial charge in [-0.25, -0.2) is 13.9 Å². The van der Waals surface area contributed by atoms with E-state index >= 15 is 0 Å². The van der Waals surface area contributed by atoms with Crippen LogP contribution in [0.1, 0.15) is 22.5 Å². The van der Waals surface area contributed by atoms with Crippen LogP contribution in [0.2, 0.25) is 10.0 Å². The number of ether oxygens (including phenoxy) is 2. The monoisotopic (exact) mass is 429 g/mol. The van der Waals surface area contributed by atoms with Crippen LogP contribution in [0.5, 0.6) is 0 Å². The Morgan fingerprint density at radius 3 is 2.89 bits per heavy atom. The number of hydrogen-bond acceptors (Lipinski definition) is 4. The first-order valence-corrected chi connectivity index (χ1v) is 9.10. The molecule has 1 amide bonds. The standard InChI is InChI=1S/C18H18Cl2FN3O4/c1-27-9-24-16-8-28-7-12(14(21)6-22-18(25)26)17(16)15(23-24)4-10-2-3-11(19)5-13(10)20/h2-3,5,22H,4,6-9H2,1H3,(H,25,26)/b14-12-. The maximum absolute atomic E-state index is 14.7.